The second-order valence-electron chi connectivity index (χ2n) is 8.11. The number of hydrogen-bond donors (Lipinski definition) is 2. The fourth-order valence-electron chi connectivity index (χ4n) is 3.67. The molecule has 2 heterocycles. The lowest BCUT2D eigenvalue weighted by Crippen LogP contribution is -2.46. The predicted molar refractivity (Wildman–Crippen MR) is 145 cm³/mol. The molecule has 2 aromatic rings. The molecule has 1 aromatic heterocycles. The summed E-state index contributed by atoms with van der Waals surface area (Å²) >= 11 is 0. The van der Waals surface area contributed by atoms with Crippen molar-refractivity contribution in [2.75, 3.05) is 63.9 Å². The largest absolute Gasteiger partial charge is 0.379 e. The average Bonchev–Trinajstić information content (AvgIpc) is 3.12. The highest BCUT2D eigenvalue weighted by Gasteiger charge is 2.11. The fraction of sp³-hybridized carbons (Fsp3) is 0.609. The minimum Gasteiger partial charge on any atom is -0.379 e. The first-order valence-electron chi connectivity index (χ1n) is 11.6. The number of morpholine rings is 1. The van der Waals surface area contributed by atoms with Gasteiger partial charge in [0.05, 0.1) is 13.2 Å². The summed E-state index contributed by atoms with van der Waals surface area (Å²) in [5, 5.41) is 15.3. The third-order valence-corrected chi connectivity index (χ3v) is 5.81. The first-order valence-corrected chi connectivity index (χ1v) is 11.6. The summed E-state index contributed by atoms with van der Waals surface area (Å²) in [5.41, 5.74) is 2.53. The summed E-state index contributed by atoms with van der Waals surface area (Å²) in [5.74, 6) is 2.55. The number of anilines is 1. The SMILES string of the molecule is CCN(CCNC(=NCc1nnc(C)n1C)NCCN1CCOCC1)c1cccc(C)c1.I. The fourth-order valence-corrected chi connectivity index (χ4v) is 3.67. The molecular formula is C23H39IN8O. The van der Waals surface area contributed by atoms with Crippen molar-refractivity contribution in [3.8, 4) is 0 Å². The van der Waals surface area contributed by atoms with Gasteiger partial charge in [-0.2, -0.15) is 0 Å². The Bertz CT molecular complexity index is 866. The van der Waals surface area contributed by atoms with Gasteiger partial charge >= 0.3 is 0 Å². The third kappa shape index (κ3) is 8.74. The van der Waals surface area contributed by atoms with Crippen LogP contribution in [0.1, 0.15) is 24.1 Å². The van der Waals surface area contributed by atoms with Gasteiger partial charge in [0.1, 0.15) is 12.4 Å². The Balaban J connectivity index is 0.00000385. The molecule has 33 heavy (non-hydrogen) atoms. The second kappa shape index (κ2) is 14.4. The van der Waals surface area contributed by atoms with Gasteiger partial charge in [0.25, 0.3) is 0 Å². The molecule has 0 atom stereocenters. The third-order valence-electron chi connectivity index (χ3n) is 5.81. The van der Waals surface area contributed by atoms with Crippen molar-refractivity contribution in [1.29, 1.82) is 0 Å². The molecule has 1 aliphatic heterocycles. The van der Waals surface area contributed by atoms with E-state index in [1.54, 1.807) is 0 Å². The molecule has 1 aliphatic rings. The van der Waals surface area contributed by atoms with Crippen LogP contribution in [-0.4, -0.2) is 84.7 Å². The molecule has 1 saturated heterocycles. The second-order valence-corrected chi connectivity index (χ2v) is 8.11. The van der Waals surface area contributed by atoms with Crippen molar-refractivity contribution >= 4 is 35.6 Å². The molecule has 1 fully saturated rings. The normalized spacial score (nSPS) is 14.6. The monoisotopic (exact) mass is 570 g/mol. The van der Waals surface area contributed by atoms with E-state index in [1.165, 1.54) is 11.3 Å². The van der Waals surface area contributed by atoms with Crippen molar-refractivity contribution < 1.29 is 4.74 Å². The maximum absolute atomic E-state index is 5.44. The summed E-state index contributed by atoms with van der Waals surface area (Å²) in [6.45, 7) is 14.8. The Morgan fingerprint density at radius 2 is 1.91 bits per heavy atom. The van der Waals surface area contributed by atoms with Crippen molar-refractivity contribution in [1.82, 2.24) is 30.3 Å². The summed E-state index contributed by atoms with van der Waals surface area (Å²) in [4.78, 5) is 9.56. The van der Waals surface area contributed by atoms with Gasteiger partial charge in [0, 0.05) is 58.5 Å². The van der Waals surface area contributed by atoms with Crippen LogP contribution in [0.5, 0.6) is 0 Å². The molecule has 10 heteroatoms. The molecule has 184 valence electrons. The van der Waals surface area contributed by atoms with Crippen LogP contribution in [0, 0.1) is 13.8 Å². The molecule has 9 nitrogen and oxygen atoms in total. The highest BCUT2D eigenvalue weighted by atomic mass is 127. The number of nitrogens with zero attached hydrogens (tertiary/aromatic N) is 6. The molecule has 2 N–H and O–H groups in total. The first-order chi connectivity index (χ1) is 15.6. The summed E-state index contributed by atoms with van der Waals surface area (Å²) in [6.07, 6.45) is 0. The van der Waals surface area contributed by atoms with Crippen molar-refractivity contribution in [2.45, 2.75) is 27.3 Å². The van der Waals surface area contributed by atoms with Crippen LogP contribution < -0.4 is 15.5 Å². The minimum atomic E-state index is 0. The highest BCUT2D eigenvalue weighted by molar-refractivity contribution is 14.0. The number of hydrogen-bond acceptors (Lipinski definition) is 6. The van der Waals surface area contributed by atoms with Gasteiger partial charge in [-0.3, -0.25) is 4.90 Å². The molecule has 0 saturated carbocycles. The smallest absolute Gasteiger partial charge is 0.191 e. The lowest BCUT2D eigenvalue weighted by atomic mass is 10.2. The van der Waals surface area contributed by atoms with E-state index in [2.05, 4.69) is 68.7 Å². The van der Waals surface area contributed by atoms with E-state index in [1.807, 2.05) is 18.5 Å². The van der Waals surface area contributed by atoms with Crippen LogP contribution in [0.2, 0.25) is 0 Å². The van der Waals surface area contributed by atoms with Gasteiger partial charge in [-0.05, 0) is 38.5 Å². The van der Waals surface area contributed by atoms with Gasteiger partial charge in [-0.15, -0.1) is 34.2 Å². The zero-order valence-electron chi connectivity index (χ0n) is 20.4. The molecule has 0 bridgehead atoms. The Labute approximate surface area is 215 Å². The number of rotatable bonds is 10. The molecule has 0 radical (unpaired) electrons. The number of aromatic nitrogens is 3. The van der Waals surface area contributed by atoms with E-state index in [0.29, 0.717) is 6.54 Å². The summed E-state index contributed by atoms with van der Waals surface area (Å²) in [6, 6.07) is 8.65. The van der Waals surface area contributed by atoms with Gasteiger partial charge in [0.2, 0.25) is 0 Å². The summed E-state index contributed by atoms with van der Waals surface area (Å²) < 4.78 is 7.42. The van der Waals surface area contributed by atoms with E-state index < -0.39 is 0 Å². The van der Waals surface area contributed by atoms with Gasteiger partial charge in [-0.25, -0.2) is 4.99 Å². The lowest BCUT2D eigenvalue weighted by molar-refractivity contribution is 0.0389. The Morgan fingerprint density at radius 1 is 1.15 bits per heavy atom. The number of likely N-dealkylation sites (N-methyl/N-ethyl adjacent to an activating group) is 1. The maximum Gasteiger partial charge on any atom is 0.191 e. The number of aliphatic imine (C=N–C) groups is 1. The number of benzene rings is 1. The van der Waals surface area contributed by atoms with Crippen molar-refractivity contribution in [3.63, 3.8) is 0 Å². The zero-order valence-corrected chi connectivity index (χ0v) is 22.7. The van der Waals surface area contributed by atoms with Crippen molar-refractivity contribution in [3.05, 3.63) is 41.5 Å². The highest BCUT2D eigenvalue weighted by Crippen LogP contribution is 2.15. The van der Waals surface area contributed by atoms with Crippen molar-refractivity contribution in [2.24, 2.45) is 12.0 Å². The Kier molecular flexibility index (Phi) is 11.9. The number of guanidine groups is 1. The first kappa shape index (κ1) is 27.3. The van der Waals surface area contributed by atoms with E-state index in [9.17, 15) is 0 Å². The molecule has 1 aromatic carbocycles. The van der Waals surface area contributed by atoms with Gasteiger partial charge < -0.3 is 24.8 Å². The zero-order chi connectivity index (χ0) is 22.8. The number of nitrogens with one attached hydrogen (secondary N) is 2. The van der Waals surface area contributed by atoms with E-state index in [0.717, 1.165) is 76.6 Å². The molecule has 0 amide bonds. The van der Waals surface area contributed by atoms with Crippen LogP contribution in [0.3, 0.4) is 0 Å². The molecule has 0 spiro atoms. The van der Waals surface area contributed by atoms with E-state index in [4.69, 9.17) is 9.73 Å². The topological polar surface area (TPSA) is 82.8 Å². The summed E-state index contributed by atoms with van der Waals surface area (Å²) in [7, 11) is 1.97. The Morgan fingerprint density at radius 3 is 2.58 bits per heavy atom. The van der Waals surface area contributed by atoms with Crippen LogP contribution >= 0.6 is 24.0 Å². The number of aryl methyl sites for hydroxylation is 2. The van der Waals surface area contributed by atoms with Gasteiger partial charge in [0.15, 0.2) is 11.8 Å². The predicted octanol–water partition coefficient (Wildman–Crippen LogP) is 1.94. The minimum absolute atomic E-state index is 0. The molecular weight excluding hydrogens is 531 g/mol. The van der Waals surface area contributed by atoms with Crippen LogP contribution in [-0.2, 0) is 18.3 Å². The quantitative estimate of drug-likeness (QED) is 0.257. The number of halogens is 1. The van der Waals surface area contributed by atoms with Crippen LogP contribution in [0.15, 0.2) is 29.3 Å². The Hall–Kier alpha value is -1.92. The van der Waals surface area contributed by atoms with Crippen LogP contribution in [0.25, 0.3) is 0 Å². The maximum atomic E-state index is 5.44. The molecule has 0 aliphatic carbocycles. The van der Waals surface area contributed by atoms with Gasteiger partial charge in [-0.1, -0.05) is 12.1 Å². The van der Waals surface area contributed by atoms with E-state index >= 15 is 0 Å². The molecule has 0 unspecified atom stereocenters. The van der Waals surface area contributed by atoms with Crippen LogP contribution in [0.4, 0.5) is 5.69 Å². The van der Waals surface area contributed by atoms with E-state index in [-0.39, 0.29) is 24.0 Å². The standard InChI is InChI=1S/C23H38N8O.HI/c1-5-31(21-8-6-7-19(2)17-21)12-10-25-23(24-9-11-30-13-15-32-16-14-30)26-18-22-28-27-20(3)29(22)4;/h6-8,17H,5,9-16,18H2,1-4H3,(H2,24,25,26);1H. The lowest BCUT2D eigenvalue weighted by Gasteiger charge is -2.27. The molecule has 3 rings (SSSR count). The average molecular weight is 571 g/mol. The number of ether oxygens (including phenoxy) is 1.